The third-order valence-electron chi connectivity index (χ3n) is 3.09. The van der Waals surface area contributed by atoms with Crippen LogP contribution in [-0.2, 0) is 14.6 Å². The van der Waals surface area contributed by atoms with Gasteiger partial charge in [-0.05, 0) is 19.5 Å². The van der Waals surface area contributed by atoms with E-state index in [-0.39, 0.29) is 17.5 Å². The predicted octanol–water partition coefficient (Wildman–Crippen LogP) is 0.242. The molecule has 1 rings (SSSR count). The number of carbonyl (C=O) groups excluding carboxylic acids is 1. The Hall–Kier alpha value is -0.820. The van der Waals surface area contributed by atoms with E-state index in [4.69, 9.17) is 4.74 Å². The lowest BCUT2D eigenvalue weighted by atomic mass is 10.3. The Labute approximate surface area is 109 Å². The van der Waals surface area contributed by atoms with Crippen molar-refractivity contribution in [2.24, 2.45) is 0 Å². The lowest BCUT2D eigenvalue weighted by Gasteiger charge is -2.18. The number of amides is 1. The van der Waals surface area contributed by atoms with E-state index in [9.17, 15) is 13.2 Å². The molecule has 1 heterocycles. The summed E-state index contributed by atoms with van der Waals surface area (Å²) in [5, 5.41) is 2.59. The lowest BCUT2D eigenvalue weighted by Crippen LogP contribution is -2.37. The SMILES string of the molecule is CCN(CC)CCOC(=O)NC1CCS(=O)(=O)C1. The summed E-state index contributed by atoms with van der Waals surface area (Å²) in [7, 11) is -2.96. The standard InChI is InChI=1S/C11H22N2O4S/c1-3-13(4-2)6-7-17-11(14)12-10-5-8-18(15,16)9-10/h10H,3-9H2,1-2H3,(H,12,14). The Morgan fingerprint density at radius 1 is 1.39 bits per heavy atom. The quantitative estimate of drug-likeness (QED) is 0.753. The van der Waals surface area contributed by atoms with Crippen LogP contribution in [0.1, 0.15) is 20.3 Å². The van der Waals surface area contributed by atoms with Crippen LogP contribution < -0.4 is 5.32 Å². The van der Waals surface area contributed by atoms with Gasteiger partial charge in [0.15, 0.2) is 9.84 Å². The number of nitrogens with one attached hydrogen (secondary N) is 1. The molecule has 18 heavy (non-hydrogen) atoms. The molecule has 0 radical (unpaired) electrons. The molecular formula is C11H22N2O4S. The van der Waals surface area contributed by atoms with Gasteiger partial charge >= 0.3 is 6.09 Å². The van der Waals surface area contributed by atoms with Crippen LogP contribution in [0, 0.1) is 0 Å². The van der Waals surface area contributed by atoms with Crippen molar-refractivity contribution >= 4 is 15.9 Å². The zero-order valence-corrected chi connectivity index (χ0v) is 11.8. The minimum Gasteiger partial charge on any atom is -0.448 e. The molecule has 1 fully saturated rings. The van der Waals surface area contributed by atoms with Gasteiger partial charge < -0.3 is 15.0 Å². The van der Waals surface area contributed by atoms with Crippen molar-refractivity contribution in [3.63, 3.8) is 0 Å². The van der Waals surface area contributed by atoms with E-state index in [0.717, 1.165) is 13.1 Å². The Morgan fingerprint density at radius 3 is 2.56 bits per heavy atom. The Morgan fingerprint density at radius 2 is 2.06 bits per heavy atom. The second kappa shape index (κ2) is 6.94. The fraction of sp³-hybridized carbons (Fsp3) is 0.909. The zero-order chi connectivity index (χ0) is 13.6. The first-order chi connectivity index (χ1) is 8.46. The van der Waals surface area contributed by atoms with Gasteiger partial charge in [0.05, 0.1) is 11.5 Å². The largest absolute Gasteiger partial charge is 0.448 e. The average Bonchev–Trinajstić information content (AvgIpc) is 2.64. The van der Waals surface area contributed by atoms with E-state index >= 15 is 0 Å². The van der Waals surface area contributed by atoms with Crippen LogP contribution in [0.4, 0.5) is 4.79 Å². The molecule has 0 aromatic rings. The van der Waals surface area contributed by atoms with Crippen LogP contribution in [0.2, 0.25) is 0 Å². The first-order valence-electron chi connectivity index (χ1n) is 6.33. The maximum Gasteiger partial charge on any atom is 0.407 e. The van der Waals surface area contributed by atoms with Crippen LogP contribution in [-0.4, -0.2) is 63.2 Å². The summed E-state index contributed by atoms with van der Waals surface area (Å²) in [6.07, 6.45) is -0.0442. The van der Waals surface area contributed by atoms with Gasteiger partial charge in [-0.1, -0.05) is 13.8 Å². The van der Waals surface area contributed by atoms with Gasteiger partial charge in [0.25, 0.3) is 0 Å². The molecule has 1 N–H and O–H groups in total. The molecule has 106 valence electrons. The average molecular weight is 278 g/mol. The van der Waals surface area contributed by atoms with E-state index in [1.165, 1.54) is 0 Å². The second-order valence-corrected chi connectivity index (χ2v) is 6.64. The highest BCUT2D eigenvalue weighted by atomic mass is 32.2. The van der Waals surface area contributed by atoms with E-state index in [2.05, 4.69) is 10.2 Å². The summed E-state index contributed by atoms with van der Waals surface area (Å²) < 4.78 is 27.4. The Balaban J connectivity index is 2.18. The Kier molecular flexibility index (Phi) is 5.87. The monoisotopic (exact) mass is 278 g/mol. The molecule has 6 nitrogen and oxygen atoms in total. The van der Waals surface area contributed by atoms with Gasteiger partial charge in [-0.25, -0.2) is 13.2 Å². The maximum absolute atomic E-state index is 11.4. The van der Waals surface area contributed by atoms with Gasteiger partial charge in [-0.15, -0.1) is 0 Å². The minimum atomic E-state index is -2.96. The molecular weight excluding hydrogens is 256 g/mol. The van der Waals surface area contributed by atoms with Crippen molar-refractivity contribution in [3.8, 4) is 0 Å². The van der Waals surface area contributed by atoms with E-state index in [1.54, 1.807) is 0 Å². The highest BCUT2D eigenvalue weighted by Gasteiger charge is 2.29. The number of rotatable bonds is 6. The Bertz CT molecular complexity index is 365. The van der Waals surface area contributed by atoms with Crippen LogP contribution in [0.15, 0.2) is 0 Å². The molecule has 0 aliphatic carbocycles. The smallest absolute Gasteiger partial charge is 0.407 e. The van der Waals surface area contributed by atoms with Crippen molar-refractivity contribution in [2.45, 2.75) is 26.3 Å². The summed E-state index contributed by atoms with van der Waals surface area (Å²) in [6, 6.07) is -0.295. The molecule has 1 amide bonds. The first-order valence-corrected chi connectivity index (χ1v) is 8.15. The van der Waals surface area contributed by atoms with E-state index < -0.39 is 15.9 Å². The number of hydrogen-bond acceptors (Lipinski definition) is 5. The summed E-state index contributed by atoms with van der Waals surface area (Å²) in [6.45, 7) is 6.96. The van der Waals surface area contributed by atoms with Crippen LogP contribution in [0.25, 0.3) is 0 Å². The van der Waals surface area contributed by atoms with Crippen molar-refractivity contribution < 1.29 is 17.9 Å². The van der Waals surface area contributed by atoms with Crippen LogP contribution in [0.3, 0.4) is 0 Å². The molecule has 1 aliphatic rings. The van der Waals surface area contributed by atoms with Crippen molar-refractivity contribution in [1.82, 2.24) is 10.2 Å². The summed E-state index contributed by atoms with van der Waals surface area (Å²) in [4.78, 5) is 13.6. The molecule has 1 atom stereocenters. The number of hydrogen-bond donors (Lipinski definition) is 1. The van der Waals surface area contributed by atoms with Crippen molar-refractivity contribution in [1.29, 1.82) is 0 Å². The lowest BCUT2D eigenvalue weighted by molar-refractivity contribution is 0.127. The van der Waals surface area contributed by atoms with E-state index in [0.29, 0.717) is 19.6 Å². The highest BCUT2D eigenvalue weighted by molar-refractivity contribution is 7.91. The summed E-state index contributed by atoms with van der Waals surface area (Å²) >= 11 is 0. The number of nitrogens with zero attached hydrogens (tertiary/aromatic N) is 1. The molecule has 0 aromatic heterocycles. The van der Waals surface area contributed by atoms with Gasteiger partial charge in [0.1, 0.15) is 6.61 Å². The van der Waals surface area contributed by atoms with Gasteiger partial charge in [0, 0.05) is 12.6 Å². The number of alkyl carbamates (subject to hydrolysis) is 1. The van der Waals surface area contributed by atoms with Crippen molar-refractivity contribution in [3.05, 3.63) is 0 Å². The molecule has 0 aromatic carbocycles. The molecule has 1 unspecified atom stereocenters. The number of ether oxygens (including phenoxy) is 1. The first kappa shape index (κ1) is 15.2. The third kappa shape index (κ3) is 5.22. The topological polar surface area (TPSA) is 75.7 Å². The minimum absolute atomic E-state index is 0.0259. The fourth-order valence-corrected chi connectivity index (χ4v) is 3.60. The number of carbonyl (C=O) groups is 1. The normalized spacial score (nSPS) is 22.1. The number of sulfone groups is 1. The van der Waals surface area contributed by atoms with Crippen LogP contribution >= 0.6 is 0 Å². The summed E-state index contributed by atoms with van der Waals surface area (Å²) in [5.41, 5.74) is 0. The van der Waals surface area contributed by atoms with Gasteiger partial charge in [0.2, 0.25) is 0 Å². The molecule has 0 bridgehead atoms. The molecule has 0 spiro atoms. The van der Waals surface area contributed by atoms with Crippen LogP contribution in [0.5, 0.6) is 0 Å². The summed E-state index contributed by atoms with van der Waals surface area (Å²) in [5.74, 6) is 0.176. The number of likely N-dealkylation sites (N-methyl/N-ethyl adjacent to an activating group) is 1. The van der Waals surface area contributed by atoms with Crippen molar-refractivity contribution in [2.75, 3.05) is 37.7 Å². The zero-order valence-electron chi connectivity index (χ0n) is 11.0. The molecule has 1 saturated heterocycles. The second-order valence-electron chi connectivity index (χ2n) is 4.41. The molecule has 0 saturated carbocycles. The maximum atomic E-state index is 11.4. The van der Waals surface area contributed by atoms with E-state index in [1.807, 2.05) is 13.8 Å². The predicted molar refractivity (Wildman–Crippen MR) is 69.3 cm³/mol. The molecule has 1 aliphatic heterocycles. The molecule has 7 heteroatoms. The van der Waals surface area contributed by atoms with Gasteiger partial charge in [-0.2, -0.15) is 0 Å². The highest BCUT2D eigenvalue weighted by Crippen LogP contribution is 2.11. The van der Waals surface area contributed by atoms with Gasteiger partial charge in [-0.3, -0.25) is 0 Å². The fourth-order valence-electron chi connectivity index (χ4n) is 1.92. The third-order valence-corrected chi connectivity index (χ3v) is 4.86.